The number of hydrogen-bond donors (Lipinski definition) is 2. The summed E-state index contributed by atoms with van der Waals surface area (Å²) in [6, 6.07) is 0. The topological polar surface area (TPSA) is 70.7 Å². The Kier molecular flexibility index (Phi) is 3.44. The van der Waals surface area contributed by atoms with Crippen LogP contribution in [0.2, 0.25) is 5.02 Å². The van der Waals surface area contributed by atoms with Gasteiger partial charge in [-0.25, -0.2) is 4.98 Å². The molecule has 7 heteroatoms. The highest BCUT2D eigenvalue weighted by Gasteiger charge is 2.19. The summed E-state index contributed by atoms with van der Waals surface area (Å²) < 4.78 is 0. The van der Waals surface area contributed by atoms with Crippen molar-refractivity contribution in [3.8, 4) is 10.6 Å². The maximum absolute atomic E-state index is 11.6. The Balaban J connectivity index is 2.36. The van der Waals surface area contributed by atoms with Crippen molar-refractivity contribution < 1.29 is 4.79 Å². The molecule has 2 heterocycles. The lowest BCUT2D eigenvalue weighted by Gasteiger charge is -1.97. The molecule has 0 atom stereocenters. The van der Waals surface area contributed by atoms with E-state index in [0.29, 0.717) is 17.3 Å². The number of nitrogens with zero attached hydrogens (tertiary/aromatic N) is 2. The van der Waals surface area contributed by atoms with E-state index in [1.165, 1.54) is 11.3 Å². The van der Waals surface area contributed by atoms with Crippen LogP contribution >= 0.6 is 22.9 Å². The summed E-state index contributed by atoms with van der Waals surface area (Å²) in [5.41, 5.74) is 0.855. The molecule has 17 heavy (non-hydrogen) atoms. The van der Waals surface area contributed by atoms with E-state index >= 15 is 0 Å². The molecule has 0 saturated heterocycles. The van der Waals surface area contributed by atoms with E-state index in [1.807, 2.05) is 13.8 Å². The number of carbonyl (C=O) groups excluding carboxylic acids is 1. The van der Waals surface area contributed by atoms with E-state index < -0.39 is 0 Å². The molecule has 0 fully saturated rings. The lowest BCUT2D eigenvalue weighted by Crippen LogP contribution is -2.23. The fourth-order valence-electron chi connectivity index (χ4n) is 1.36. The first-order valence-corrected chi connectivity index (χ1v) is 6.27. The van der Waals surface area contributed by atoms with Gasteiger partial charge in [-0.1, -0.05) is 11.6 Å². The molecule has 0 aliphatic carbocycles. The Morgan fingerprint density at radius 2 is 2.41 bits per heavy atom. The van der Waals surface area contributed by atoms with Gasteiger partial charge in [-0.05, 0) is 13.8 Å². The van der Waals surface area contributed by atoms with Gasteiger partial charge in [0.25, 0.3) is 5.91 Å². The molecule has 0 aliphatic rings. The molecule has 0 bridgehead atoms. The van der Waals surface area contributed by atoms with Gasteiger partial charge in [0.2, 0.25) is 0 Å². The van der Waals surface area contributed by atoms with Crippen LogP contribution in [0.4, 0.5) is 0 Å². The zero-order chi connectivity index (χ0) is 12.4. The summed E-state index contributed by atoms with van der Waals surface area (Å²) in [5.74, 6) is -0.277. The van der Waals surface area contributed by atoms with Crippen molar-refractivity contribution in [3.63, 3.8) is 0 Å². The van der Waals surface area contributed by atoms with Crippen molar-refractivity contribution in [2.24, 2.45) is 0 Å². The molecule has 0 unspecified atom stereocenters. The second kappa shape index (κ2) is 4.85. The summed E-state index contributed by atoms with van der Waals surface area (Å²) in [5, 5.41) is 10.6. The third-order valence-electron chi connectivity index (χ3n) is 2.13. The van der Waals surface area contributed by atoms with Crippen LogP contribution in [0.25, 0.3) is 10.6 Å². The molecule has 0 aromatic carbocycles. The third-order valence-corrected chi connectivity index (χ3v) is 3.43. The average Bonchev–Trinajstić information content (AvgIpc) is 2.85. The molecule has 0 spiro atoms. The Morgan fingerprint density at radius 3 is 3.00 bits per heavy atom. The molecule has 0 saturated carbocycles. The monoisotopic (exact) mass is 270 g/mol. The standard InChI is InChI=1S/C10H11ClN4OS/c1-3-12-10(16)9-7(11)8(14-15-9)6-4-13-5(2)17-6/h4H,3H2,1-2H3,(H,12,16)(H,14,15). The van der Waals surface area contributed by atoms with E-state index in [4.69, 9.17) is 11.6 Å². The Labute approximate surface area is 107 Å². The maximum atomic E-state index is 11.6. The number of H-pyrrole nitrogens is 1. The van der Waals surface area contributed by atoms with Crippen LogP contribution in [-0.2, 0) is 0 Å². The number of thiazole rings is 1. The van der Waals surface area contributed by atoms with Crippen molar-refractivity contribution >= 4 is 28.8 Å². The van der Waals surface area contributed by atoms with Gasteiger partial charge in [-0.3, -0.25) is 9.89 Å². The van der Waals surface area contributed by atoms with Crippen LogP contribution < -0.4 is 5.32 Å². The summed E-state index contributed by atoms with van der Waals surface area (Å²) >= 11 is 7.62. The highest BCUT2D eigenvalue weighted by atomic mass is 35.5. The maximum Gasteiger partial charge on any atom is 0.273 e. The first kappa shape index (κ1) is 12.1. The number of amides is 1. The van der Waals surface area contributed by atoms with Gasteiger partial charge >= 0.3 is 0 Å². The second-order valence-electron chi connectivity index (χ2n) is 3.36. The molecule has 0 aliphatic heterocycles. The predicted octanol–water partition coefficient (Wildman–Crippen LogP) is 2.24. The average molecular weight is 271 g/mol. The number of hydrogen-bond acceptors (Lipinski definition) is 4. The van der Waals surface area contributed by atoms with Gasteiger partial charge in [-0.15, -0.1) is 11.3 Å². The van der Waals surface area contributed by atoms with Crippen molar-refractivity contribution in [3.05, 3.63) is 21.9 Å². The molecule has 1 amide bonds. The first-order valence-electron chi connectivity index (χ1n) is 5.08. The van der Waals surface area contributed by atoms with Crippen LogP contribution in [0.1, 0.15) is 22.4 Å². The largest absolute Gasteiger partial charge is 0.351 e. The molecule has 5 nitrogen and oxygen atoms in total. The molecule has 2 aromatic rings. The molecule has 2 rings (SSSR count). The molecular weight excluding hydrogens is 260 g/mol. The lowest BCUT2D eigenvalue weighted by atomic mass is 10.3. The summed E-state index contributed by atoms with van der Waals surface area (Å²) in [6.45, 7) is 4.28. The molecule has 2 aromatic heterocycles. The number of aromatic amines is 1. The molecular formula is C10H11ClN4OS. The number of carbonyl (C=O) groups is 1. The molecule has 90 valence electrons. The smallest absolute Gasteiger partial charge is 0.273 e. The van der Waals surface area contributed by atoms with Crippen LogP contribution in [0.5, 0.6) is 0 Å². The van der Waals surface area contributed by atoms with E-state index in [0.717, 1.165) is 9.88 Å². The number of nitrogens with one attached hydrogen (secondary N) is 2. The van der Waals surface area contributed by atoms with Crippen molar-refractivity contribution in [2.75, 3.05) is 6.54 Å². The van der Waals surface area contributed by atoms with E-state index in [1.54, 1.807) is 6.20 Å². The van der Waals surface area contributed by atoms with Gasteiger partial charge in [0.05, 0.1) is 15.6 Å². The quantitative estimate of drug-likeness (QED) is 0.899. The number of aryl methyl sites for hydroxylation is 1. The number of aromatic nitrogens is 3. The van der Waals surface area contributed by atoms with E-state index in [-0.39, 0.29) is 11.6 Å². The van der Waals surface area contributed by atoms with E-state index in [9.17, 15) is 4.79 Å². The minimum atomic E-state index is -0.277. The highest BCUT2D eigenvalue weighted by molar-refractivity contribution is 7.15. The highest BCUT2D eigenvalue weighted by Crippen LogP contribution is 2.31. The normalized spacial score (nSPS) is 10.5. The number of rotatable bonds is 3. The SMILES string of the molecule is CCNC(=O)c1n[nH]c(-c2cnc(C)s2)c1Cl. The van der Waals surface area contributed by atoms with Gasteiger partial charge in [-0.2, -0.15) is 5.10 Å². The Bertz CT molecular complexity index is 548. The number of halogens is 1. The molecule has 2 N–H and O–H groups in total. The van der Waals surface area contributed by atoms with E-state index in [2.05, 4.69) is 20.5 Å². The minimum Gasteiger partial charge on any atom is -0.351 e. The fraction of sp³-hybridized carbons (Fsp3) is 0.300. The van der Waals surface area contributed by atoms with Crippen molar-refractivity contribution in [1.29, 1.82) is 0 Å². The third kappa shape index (κ3) is 2.32. The fourth-order valence-corrected chi connectivity index (χ4v) is 2.47. The van der Waals surface area contributed by atoms with Crippen molar-refractivity contribution in [2.45, 2.75) is 13.8 Å². The Hall–Kier alpha value is -1.40. The summed E-state index contributed by atoms with van der Waals surface area (Å²) in [6.07, 6.45) is 1.71. The van der Waals surface area contributed by atoms with Crippen LogP contribution in [0, 0.1) is 6.92 Å². The summed E-state index contributed by atoms with van der Waals surface area (Å²) in [4.78, 5) is 16.6. The lowest BCUT2D eigenvalue weighted by molar-refractivity contribution is 0.0951. The zero-order valence-electron chi connectivity index (χ0n) is 9.37. The van der Waals surface area contributed by atoms with Crippen LogP contribution in [0.3, 0.4) is 0 Å². The van der Waals surface area contributed by atoms with Gasteiger partial charge in [0, 0.05) is 12.7 Å². The van der Waals surface area contributed by atoms with Crippen LogP contribution in [-0.4, -0.2) is 27.6 Å². The van der Waals surface area contributed by atoms with Gasteiger partial charge < -0.3 is 5.32 Å². The minimum absolute atomic E-state index is 0.217. The van der Waals surface area contributed by atoms with Crippen LogP contribution in [0.15, 0.2) is 6.20 Å². The first-order chi connectivity index (χ1) is 8.13. The van der Waals surface area contributed by atoms with Gasteiger partial charge in [0.15, 0.2) is 5.69 Å². The Morgan fingerprint density at radius 1 is 1.65 bits per heavy atom. The summed E-state index contributed by atoms with van der Waals surface area (Å²) in [7, 11) is 0. The zero-order valence-corrected chi connectivity index (χ0v) is 10.9. The predicted molar refractivity (Wildman–Crippen MR) is 67.4 cm³/mol. The second-order valence-corrected chi connectivity index (χ2v) is 4.98. The van der Waals surface area contributed by atoms with Gasteiger partial charge in [0.1, 0.15) is 5.02 Å². The van der Waals surface area contributed by atoms with Crippen molar-refractivity contribution in [1.82, 2.24) is 20.5 Å². The molecule has 0 radical (unpaired) electrons.